The van der Waals surface area contributed by atoms with Crippen molar-refractivity contribution < 1.29 is 14.3 Å². The van der Waals surface area contributed by atoms with Crippen molar-refractivity contribution in [2.45, 2.75) is 35.9 Å². The third-order valence-corrected chi connectivity index (χ3v) is 7.41. The lowest BCUT2D eigenvalue weighted by molar-refractivity contribution is -0.116. The maximum atomic E-state index is 11.9. The van der Waals surface area contributed by atoms with Gasteiger partial charge in [0.2, 0.25) is 11.0 Å². The van der Waals surface area contributed by atoms with Gasteiger partial charge in [-0.3, -0.25) is 9.69 Å². The third kappa shape index (κ3) is 4.54. The molecule has 0 saturated heterocycles. The van der Waals surface area contributed by atoms with Crippen molar-refractivity contribution in [2.24, 2.45) is 0 Å². The normalized spacial score (nSPS) is 13.3. The summed E-state index contributed by atoms with van der Waals surface area (Å²) in [7, 11) is 3.24. The van der Waals surface area contributed by atoms with Gasteiger partial charge in [-0.25, -0.2) is 4.98 Å². The first-order valence-electron chi connectivity index (χ1n) is 9.02. The van der Waals surface area contributed by atoms with E-state index in [4.69, 9.17) is 14.5 Å². The van der Waals surface area contributed by atoms with Crippen LogP contribution in [0.1, 0.15) is 25.5 Å². The summed E-state index contributed by atoms with van der Waals surface area (Å²) in [6.07, 6.45) is 2.08. The van der Waals surface area contributed by atoms with Crippen molar-refractivity contribution in [1.82, 2.24) is 15.2 Å². The number of thioether (sulfide) groups is 1. The lowest BCUT2D eigenvalue weighted by atomic mass is 10.2. The molecule has 1 fully saturated rings. The van der Waals surface area contributed by atoms with Crippen molar-refractivity contribution >= 4 is 45.5 Å². The molecule has 0 atom stereocenters. The van der Waals surface area contributed by atoms with Gasteiger partial charge < -0.3 is 9.47 Å². The van der Waals surface area contributed by atoms with Crippen molar-refractivity contribution in [3.05, 3.63) is 29.3 Å². The Labute approximate surface area is 181 Å². The minimum absolute atomic E-state index is 0.0271. The Morgan fingerprint density at radius 2 is 2.03 bits per heavy atom. The molecule has 1 amide bonds. The highest BCUT2D eigenvalue weighted by atomic mass is 32.2. The number of benzene rings is 1. The van der Waals surface area contributed by atoms with Crippen molar-refractivity contribution in [3.63, 3.8) is 0 Å². The first-order chi connectivity index (χ1) is 14.1. The molecule has 7 nitrogen and oxygen atoms in total. The fourth-order valence-electron chi connectivity index (χ4n) is 2.85. The molecule has 152 valence electrons. The molecular weight excluding hydrogens is 428 g/mol. The van der Waals surface area contributed by atoms with Crippen LogP contribution in [0.25, 0.3) is 10.6 Å². The molecule has 1 saturated carbocycles. The van der Waals surface area contributed by atoms with Crippen LogP contribution in [0, 0.1) is 0 Å². The van der Waals surface area contributed by atoms with E-state index in [2.05, 4.69) is 10.2 Å². The lowest BCUT2D eigenvalue weighted by Gasteiger charge is -2.15. The average Bonchev–Trinajstić information content (AvgIpc) is 3.25. The van der Waals surface area contributed by atoms with Gasteiger partial charge in [0.1, 0.15) is 5.01 Å². The summed E-state index contributed by atoms with van der Waals surface area (Å²) in [6.45, 7) is 1.58. The summed E-state index contributed by atoms with van der Waals surface area (Å²) in [5.41, 5.74) is 1.97. The summed E-state index contributed by atoms with van der Waals surface area (Å²) in [5, 5.41) is 12.1. The van der Waals surface area contributed by atoms with Crippen LogP contribution in [-0.4, -0.2) is 41.3 Å². The molecule has 2 heterocycles. The Kier molecular flexibility index (Phi) is 6.02. The Balaban J connectivity index is 1.42. The topological polar surface area (TPSA) is 77.4 Å². The highest BCUT2D eigenvalue weighted by molar-refractivity contribution is 8.00. The number of hydrogen-bond donors (Lipinski definition) is 0. The number of amides is 1. The van der Waals surface area contributed by atoms with Gasteiger partial charge in [0.15, 0.2) is 15.8 Å². The predicted octanol–water partition coefficient (Wildman–Crippen LogP) is 4.49. The van der Waals surface area contributed by atoms with Gasteiger partial charge >= 0.3 is 0 Å². The Morgan fingerprint density at radius 3 is 2.72 bits per heavy atom. The quantitative estimate of drug-likeness (QED) is 0.371. The zero-order valence-corrected chi connectivity index (χ0v) is 18.7. The van der Waals surface area contributed by atoms with Gasteiger partial charge in [-0.05, 0) is 31.0 Å². The van der Waals surface area contributed by atoms with Gasteiger partial charge in [-0.2, -0.15) is 0 Å². The maximum Gasteiger partial charge on any atom is 0.225 e. The zero-order chi connectivity index (χ0) is 20.4. The van der Waals surface area contributed by atoms with Crippen LogP contribution in [-0.2, 0) is 10.5 Å². The van der Waals surface area contributed by atoms with E-state index in [0.717, 1.165) is 33.4 Å². The largest absolute Gasteiger partial charge is 0.493 e. The van der Waals surface area contributed by atoms with Gasteiger partial charge in [-0.1, -0.05) is 23.1 Å². The van der Waals surface area contributed by atoms with E-state index in [0.29, 0.717) is 28.4 Å². The minimum atomic E-state index is 0.0271. The molecule has 1 aliphatic carbocycles. The fraction of sp³-hybridized carbons (Fsp3) is 0.368. The summed E-state index contributed by atoms with van der Waals surface area (Å²) in [5.74, 6) is 2.10. The SMILES string of the molecule is COc1ccc(-c2nc(CSc3nnc(N(C(C)=O)C4CC4)s3)cs2)cc1OC. The van der Waals surface area contributed by atoms with Crippen LogP contribution in [0.15, 0.2) is 27.9 Å². The first-order valence-corrected chi connectivity index (χ1v) is 11.7. The summed E-state index contributed by atoms with van der Waals surface area (Å²) in [6, 6.07) is 6.08. The van der Waals surface area contributed by atoms with Gasteiger partial charge in [0.05, 0.1) is 19.9 Å². The van der Waals surface area contributed by atoms with Crippen LogP contribution in [0.4, 0.5) is 5.13 Å². The van der Waals surface area contributed by atoms with Crippen molar-refractivity contribution in [3.8, 4) is 22.1 Å². The number of carbonyl (C=O) groups excluding carboxylic acids is 1. The second-order valence-corrected chi connectivity index (χ2v) is 9.51. The predicted molar refractivity (Wildman–Crippen MR) is 116 cm³/mol. The molecule has 0 aliphatic heterocycles. The number of carbonyl (C=O) groups is 1. The molecule has 0 radical (unpaired) electrons. The molecule has 2 aromatic heterocycles. The Morgan fingerprint density at radius 1 is 1.24 bits per heavy atom. The monoisotopic (exact) mass is 448 g/mol. The first kappa shape index (κ1) is 20.1. The van der Waals surface area contributed by atoms with Crippen molar-refractivity contribution in [2.75, 3.05) is 19.1 Å². The fourth-order valence-corrected chi connectivity index (χ4v) is 5.62. The number of anilines is 1. The van der Waals surface area contributed by atoms with Crippen LogP contribution >= 0.6 is 34.4 Å². The van der Waals surface area contributed by atoms with E-state index in [1.54, 1.807) is 49.1 Å². The van der Waals surface area contributed by atoms with Crippen molar-refractivity contribution in [1.29, 1.82) is 0 Å². The zero-order valence-electron chi connectivity index (χ0n) is 16.2. The Hall–Kier alpha value is -2.17. The molecule has 0 bridgehead atoms. The molecule has 1 aliphatic rings. The lowest BCUT2D eigenvalue weighted by Crippen LogP contribution is -2.30. The number of aromatic nitrogens is 3. The van der Waals surface area contributed by atoms with E-state index in [1.807, 2.05) is 23.6 Å². The minimum Gasteiger partial charge on any atom is -0.493 e. The van der Waals surface area contributed by atoms with E-state index in [-0.39, 0.29) is 5.91 Å². The molecule has 0 unspecified atom stereocenters. The van der Waals surface area contributed by atoms with Gasteiger partial charge in [0, 0.05) is 29.7 Å². The summed E-state index contributed by atoms with van der Waals surface area (Å²) in [4.78, 5) is 18.4. The molecule has 3 aromatic rings. The highest BCUT2D eigenvalue weighted by Crippen LogP contribution is 2.37. The molecule has 1 aromatic carbocycles. The second-order valence-electron chi connectivity index (χ2n) is 6.47. The standard InChI is InChI=1S/C19H20N4O3S3/c1-11(24)23(14-5-6-14)18-21-22-19(29-18)28-10-13-9-27-17(20-13)12-4-7-15(25-2)16(8-12)26-3/h4,7-9,14H,5-6,10H2,1-3H3. The molecule has 29 heavy (non-hydrogen) atoms. The van der Waals surface area contributed by atoms with Crippen LogP contribution in [0.2, 0.25) is 0 Å². The Bertz CT molecular complexity index is 1020. The third-order valence-electron chi connectivity index (χ3n) is 4.38. The number of nitrogens with zero attached hydrogens (tertiary/aromatic N) is 4. The molecule has 0 spiro atoms. The van der Waals surface area contributed by atoms with E-state index < -0.39 is 0 Å². The summed E-state index contributed by atoms with van der Waals surface area (Å²) >= 11 is 4.63. The van der Waals surface area contributed by atoms with Crippen LogP contribution in [0.5, 0.6) is 11.5 Å². The molecular formula is C19H20N4O3S3. The van der Waals surface area contributed by atoms with Gasteiger partial charge in [-0.15, -0.1) is 21.5 Å². The molecule has 0 N–H and O–H groups in total. The number of rotatable bonds is 8. The number of hydrogen-bond acceptors (Lipinski definition) is 9. The van der Waals surface area contributed by atoms with Crippen LogP contribution in [0.3, 0.4) is 0 Å². The van der Waals surface area contributed by atoms with E-state index in [9.17, 15) is 4.79 Å². The highest BCUT2D eigenvalue weighted by Gasteiger charge is 2.34. The number of thiazole rings is 1. The van der Waals surface area contributed by atoms with Crippen LogP contribution < -0.4 is 14.4 Å². The smallest absolute Gasteiger partial charge is 0.225 e. The van der Waals surface area contributed by atoms with E-state index >= 15 is 0 Å². The van der Waals surface area contributed by atoms with E-state index in [1.165, 1.54) is 11.3 Å². The molecule has 10 heteroatoms. The summed E-state index contributed by atoms with van der Waals surface area (Å²) < 4.78 is 11.5. The maximum absolute atomic E-state index is 11.9. The second kappa shape index (κ2) is 8.68. The number of ether oxygens (including phenoxy) is 2. The number of methoxy groups -OCH3 is 2. The average molecular weight is 449 g/mol. The molecule has 4 rings (SSSR count). The van der Waals surface area contributed by atoms with Gasteiger partial charge in [0.25, 0.3) is 0 Å².